The summed E-state index contributed by atoms with van der Waals surface area (Å²) in [4.78, 5) is 28.0. The Morgan fingerprint density at radius 3 is 2.29 bits per heavy atom. The fraction of sp³-hybridized carbons (Fsp3) is 0.458. The number of nitrogens with one attached hydrogen (secondary N) is 2. The number of aryl methyl sites for hydroxylation is 1. The fourth-order valence-corrected chi connectivity index (χ4v) is 5.17. The summed E-state index contributed by atoms with van der Waals surface area (Å²) in [6.07, 6.45) is 4.39. The van der Waals surface area contributed by atoms with Gasteiger partial charge in [-0.05, 0) is 56.4 Å². The Balaban J connectivity index is 1.93. The molecule has 186 valence electrons. The SMILES string of the molecule is Cc1ccc(S(=O)(=O)N(CC(C)C)[C@@H](CCCCNC(=O)CNc2ccncc2)C(=O)O)cc1. The molecular formula is C24H34N4O5S. The molecule has 0 aliphatic carbocycles. The van der Waals surface area contributed by atoms with Crippen molar-refractivity contribution in [2.45, 2.75) is 51.0 Å². The molecule has 1 amide bonds. The minimum absolute atomic E-state index is 0.0470. The standard InChI is InChI=1S/C24H34N4O5S/c1-18(2)17-28(34(32,33)21-9-7-19(3)8-10-21)22(24(30)31)6-4-5-13-26-23(29)16-27-20-11-14-25-15-12-20/h7-12,14-15,18,22H,4-6,13,16-17H2,1-3H3,(H,25,27)(H,26,29)(H,30,31)/t22-/m0/s1. The number of rotatable bonds is 14. The maximum absolute atomic E-state index is 13.3. The zero-order valence-corrected chi connectivity index (χ0v) is 20.7. The predicted molar refractivity (Wildman–Crippen MR) is 131 cm³/mol. The van der Waals surface area contributed by atoms with Crippen LogP contribution in [-0.2, 0) is 19.6 Å². The number of carboxylic acid groups (broad SMARTS) is 1. The van der Waals surface area contributed by atoms with E-state index < -0.39 is 22.0 Å². The van der Waals surface area contributed by atoms with Gasteiger partial charge >= 0.3 is 5.97 Å². The summed E-state index contributed by atoms with van der Waals surface area (Å²) in [6.45, 7) is 6.15. The molecule has 0 saturated carbocycles. The molecule has 0 unspecified atom stereocenters. The highest BCUT2D eigenvalue weighted by atomic mass is 32.2. The highest BCUT2D eigenvalue weighted by Gasteiger charge is 2.35. The van der Waals surface area contributed by atoms with Crippen LogP contribution in [0, 0.1) is 12.8 Å². The lowest BCUT2D eigenvalue weighted by Gasteiger charge is -2.29. The van der Waals surface area contributed by atoms with Gasteiger partial charge in [0, 0.05) is 31.2 Å². The van der Waals surface area contributed by atoms with Crippen LogP contribution in [0.1, 0.15) is 38.7 Å². The number of carboxylic acids is 1. The molecule has 1 heterocycles. The number of pyridine rings is 1. The van der Waals surface area contributed by atoms with Gasteiger partial charge in [0.15, 0.2) is 0 Å². The maximum atomic E-state index is 13.3. The Kier molecular flexibility index (Phi) is 10.5. The second-order valence-corrected chi connectivity index (χ2v) is 10.5. The van der Waals surface area contributed by atoms with Gasteiger partial charge < -0.3 is 15.7 Å². The molecule has 1 aromatic heterocycles. The van der Waals surface area contributed by atoms with Crippen LogP contribution in [0.4, 0.5) is 5.69 Å². The molecule has 9 nitrogen and oxygen atoms in total. The molecule has 2 rings (SSSR count). The van der Waals surface area contributed by atoms with Crippen molar-refractivity contribution in [1.82, 2.24) is 14.6 Å². The lowest BCUT2D eigenvalue weighted by atomic mass is 10.1. The Bertz CT molecular complexity index is 1030. The molecule has 0 aliphatic heterocycles. The zero-order chi connectivity index (χ0) is 25.1. The van der Waals surface area contributed by atoms with Crippen molar-refractivity contribution in [2.24, 2.45) is 5.92 Å². The van der Waals surface area contributed by atoms with Crippen LogP contribution >= 0.6 is 0 Å². The molecule has 1 aromatic carbocycles. The van der Waals surface area contributed by atoms with Crippen LogP contribution in [-0.4, -0.2) is 60.4 Å². The number of carbonyl (C=O) groups is 2. The number of anilines is 1. The number of sulfonamides is 1. The molecule has 0 saturated heterocycles. The summed E-state index contributed by atoms with van der Waals surface area (Å²) >= 11 is 0. The molecule has 0 bridgehead atoms. The summed E-state index contributed by atoms with van der Waals surface area (Å²) in [5.41, 5.74) is 1.71. The van der Waals surface area contributed by atoms with Crippen molar-refractivity contribution in [3.63, 3.8) is 0 Å². The number of unbranched alkanes of at least 4 members (excludes halogenated alkanes) is 1. The third-order valence-electron chi connectivity index (χ3n) is 5.17. The number of aromatic nitrogens is 1. The topological polar surface area (TPSA) is 129 Å². The van der Waals surface area contributed by atoms with Gasteiger partial charge in [-0.2, -0.15) is 4.31 Å². The fourth-order valence-electron chi connectivity index (χ4n) is 3.39. The molecule has 1 atom stereocenters. The quantitative estimate of drug-likeness (QED) is 0.347. The molecule has 2 aromatic rings. The van der Waals surface area contributed by atoms with Crippen molar-refractivity contribution in [3.05, 3.63) is 54.4 Å². The second kappa shape index (κ2) is 13.0. The smallest absolute Gasteiger partial charge is 0.322 e. The van der Waals surface area contributed by atoms with Crippen LogP contribution in [0.5, 0.6) is 0 Å². The number of amides is 1. The monoisotopic (exact) mass is 490 g/mol. The first-order valence-electron chi connectivity index (χ1n) is 11.3. The third kappa shape index (κ3) is 8.42. The number of nitrogens with zero attached hydrogens (tertiary/aromatic N) is 2. The zero-order valence-electron chi connectivity index (χ0n) is 19.9. The lowest BCUT2D eigenvalue weighted by Crippen LogP contribution is -2.46. The Hall–Kier alpha value is -2.98. The summed E-state index contributed by atoms with van der Waals surface area (Å²) < 4.78 is 27.7. The van der Waals surface area contributed by atoms with Crippen LogP contribution in [0.25, 0.3) is 0 Å². The van der Waals surface area contributed by atoms with E-state index in [0.717, 1.165) is 15.6 Å². The van der Waals surface area contributed by atoms with Crippen LogP contribution in [0.3, 0.4) is 0 Å². The molecule has 3 N–H and O–H groups in total. The van der Waals surface area contributed by atoms with E-state index in [1.807, 2.05) is 20.8 Å². The first-order valence-corrected chi connectivity index (χ1v) is 12.8. The van der Waals surface area contributed by atoms with E-state index in [9.17, 15) is 23.1 Å². The first-order chi connectivity index (χ1) is 16.1. The van der Waals surface area contributed by atoms with E-state index in [1.54, 1.807) is 36.7 Å². The van der Waals surface area contributed by atoms with E-state index in [2.05, 4.69) is 15.6 Å². The summed E-state index contributed by atoms with van der Waals surface area (Å²) in [6, 6.07) is 8.74. The van der Waals surface area contributed by atoms with Gasteiger partial charge in [0.25, 0.3) is 0 Å². The third-order valence-corrected chi connectivity index (χ3v) is 7.05. The Labute approximate surface area is 201 Å². The van der Waals surface area contributed by atoms with Gasteiger partial charge in [0.05, 0.1) is 11.4 Å². The number of carbonyl (C=O) groups excluding carboxylic acids is 1. The number of benzene rings is 1. The summed E-state index contributed by atoms with van der Waals surface area (Å²) in [7, 11) is -3.98. The molecule has 0 aliphatic rings. The van der Waals surface area contributed by atoms with Gasteiger partial charge in [-0.3, -0.25) is 14.6 Å². The molecule has 0 radical (unpaired) electrons. The number of aliphatic carboxylic acids is 1. The number of hydrogen-bond acceptors (Lipinski definition) is 6. The van der Waals surface area contributed by atoms with Gasteiger partial charge in [-0.1, -0.05) is 31.5 Å². The van der Waals surface area contributed by atoms with Crippen LogP contribution in [0.15, 0.2) is 53.7 Å². The van der Waals surface area contributed by atoms with E-state index >= 15 is 0 Å². The minimum Gasteiger partial charge on any atom is -0.480 e. The molecule has 0 spiro atoms. The van der Waals surface area contributed by atoms with E-state index in [1.165, 1.54) is 12.1 Å². The lowest BCUT2D eigenvalue weighted by molar-refractivity contribution is -0.142. The summed E-state index contributed by atoms with van der Waals surface area (Å²) in [5.74, 6) is -1.41. The van der Waals surface area contributed by atoms with E-state index in [0.29, 0.717) is 19.4 Å². The molecule has 0 fully saturated rings. The first kappa shape index (κ1) is 27.3. The molecule has 10 heteroatoms. The molecule has 34 heavy (non-hydrogen) atoms. The van der Waals surface area contributed by atoms with E-state index in [4.69, 9.17) is 0 Å². The normalized spacial score (nSPS) is 12.5. The van der Waals surface area contributed by atoms with Crippen molar-refractivity contribution in [3.8, 4) is 0 Å². The van der Waals surface area contributed by atoms with Crippen molar-refractivity contribution < 1.29 is 23.1 Å². The van der Waals surface area contributed by atoms with Crippen molar-refractivity contribution in [2.75, 3.05) is 25.0 Å². The maximum Gasteiger partial charge on any atom is 0.322 e. The highest BCUT2D eigenvalue weighted by molar-refractivity contribution is 7.89. The Morgan fingerprint density at radius 1 is 1.06 bits per heavy atom. The summed E-state index contributed by atoms with van der Waals surface area (Å²) in [5, 5.41) is 15.6. The van der Waals surface area contributed by atoms with Gasteiger partial charge in [-0.25, -0.2) is 8.42 Å². The van der Waals surface area contributed by atoms with Gasteiger partial charge in [0.1, 0.15) is 6.04 Å². The van der Waals surface area contributed by atoms with Crippen molar-refractivity contribution >= 4 is 27.6 Å². The van der Waals surface area contributed by atoms with E-state index in [-0.39, 0.29) is 36.2 Å². The minimum atomic E-state index is -3.98. The molecular weight excluding hydrogens is 456 g/mol. The van der Waals surface area contributed by atoms with Gasteiger partial charge in [-0.15, -0.1) is 0 Å². The van der Waals surface area contributed by atoms with Crippen LogP contribution < -0.4 is 10.6 Å². The average Bonchev–Trinajstić information content (AvgIpc) is 2.79. The highest BCUT2D eigenvalue weighted by Crippen LogP contribution is 2.23. The van der Waals surface area contributed by atoms with Gasteiger partial charge in [0.2, 0.25) is 15.9 Å². The second-order valence-electron chi connectivity index (χ2n) is 8.57. The van der Waals surface area contributed by atoms with Crippen LogP contribution in [0.2, 0.25) is 0 Å². The average molecular weight is 491 g/mol. The number of hydrogen-bond donors (Lipinski definition) is 3. The van der Waals surface area contributed by atoms with Crippen molar-refractivity contribution in [1.29, 1.82) is 0 Å². The predicted octanol–water partition coefficient (Wildman–Crippen LogP) is 2.89. The largest absolute Gasteiger partial charge is 0.480 e. The Morgan fingerprint density at radius 2 is 1.71 bits per heavy atom.